The molecule has 0 aliphatic rings. The van der Waals surface area contributed by atoms with Crippen LogP contribution in [0.1, 0.15) is 5.56 Å². The molecule has 0 aliphatic heterocycles. The number of alkyl halides is 3. The van der Waals surface area contributed by atoms with E-state index in [4.69, 9.17) is 4.74 Å². The minimum absolute atomic E-state index is 0. The quantitative estimate of drug-likeness (QED) is 0.380. The van der Waals surface area contributed by atoms with Crippen molar-refractivity contribution in [3.8, 4) is 5.75 Å². The number of benzene rings is 1. The highest BCUT2D eigenvalue weighted by Gasteiger charge is 2.31. The molecule has 0 heterocycles. The predicted molar refractivity (Wildman–Crippen MR) is 105 cm³/mol. The molecular weight excluding hydrogens is 464 g/mol. The number of rotatable bonds is 6. The number of halogens is 4. The Hall–Kier alpha value is -1.72. The van der Waals surface area contributed by atoms with Crippen LogP contribution in [0.2, 0.25) is 0 Å². The van der Waals surface area contributed by atoms with E-state index in [-0.39, 0.29) is 30.5 Å². The molecule has 0 bridgehead atoms. The topological polar surface area (TPSA) is 57.2 Å². The van der Waals surface area contributed by atoms with Gasteiger partial charge in [-0.25, -0.2) is 0 Å². The molecule has 0 aromatic heterocycles. The van der Waals surface area contributed by atoms with Gasteiger partial charge in [0.1, 0.15) is 12.3 Å². The molecule has 0 radical (unpaired) electrons. The molecule has 0 saturated carbocycles. The largest absolute Gasteiger partial charge is 0.496 e. The number of methoxy groups -OCH3 is 1. The van der Waals surface area contributed by atoms with Gasteiger partial charge in [-0.3, -0.25) is 9.79 Å². The van der Waals surface area contributed by atoms with E-state index < -0.39 is 18.6 Å². The van der Waals surface area contributed by atoms with Gasteiger partial charge in [-0.1, -0.05) is 18.2 Å². The summed E-state index contributed by atoms with van der Waals surface area (Å²) in [5.41, 5.74) is 0.913. The average Bonchev–Trinajstić information content (AvgIpc) is 2.54. The van der Waals surface area contributed by atoms with Crippen molar-refractivity contribution in [2.45, 2.75) is 12.7 Å². The molecule has 148 valence electrons. The van der Waals surface area contributed by atoms with Gasteiger partial charge >= 0.3 is 6.18 Å². The molecule has 10 heteroatoms. The Morgan fingerprint density at radius 3 is 2.38 bits per heavy atom. The number of ether oxygens (including phenoxy) is 1. The molecule has 0 atom stereocenters. The second-order valence-electron chi connectivity index (χ2n) is 5.43. The van der Waals surface area contributed by atoms with Crippen molar-refractivity contribution in [1.29, 1.82) is 0 Å². The molecule has 1 rings (SSSR count). The lowest BCUT2D eigenvalue weighted by Gasteiger charge is -2.24. The number of hydrogen-bond acceptors (Lipinski definition) is 3. The van der Waals surface area contributed by atoms with Gasteiger partial charge in [-0.05, 0) is 6.07 Å². The van der Waals surface area contributed by atoms with E-state index in [1.165, 1.54) is 7.05 Å². The molecule has 1 N–H and O–H groups in total. The highest BCUT2D eigenvalue weighted by Crippen LogP contribution is 2.18. The van der Waals surface area contributed by atoms with Gasteiger partial charge in [-0.2, -0.15) is 13.2 Å². The summed E-state index contributed by atoms with van der Waals surface area (Å²) in [4.78, 5) is 18.2. The van der Waals surface area contributed by atoms with E-state index in [2.05, 4.69) is 10.3 Å². The smallest absolute Gasteiger partial charge is 0.406 e. The summed E-state index contributed by atoms with van der Waals surface area (Å²) in [6, 6.07) is 7.45. The van der Waals surface area contributed by atoms with Crippen molar-refractivity contribution in [3.05, 3.63) is 29.8 Å². The molecule has 0 fully saturated rings. The Morgan fingerprint density at radius 2 is 1.85 bits per heavy atom. The number of guanidine groups is 1. The Balaban J connectivity index is 0.00000625. The zero-order chi connectivity index (χ0) is 19.0. The first kappa shape index (κ1) is 24.3. The Kier molecular flexibility index (Phi) is 10.4. The van der Waals surface area contributed by atoms with E-state index in [0.29, 0.717) is 23.2 Å². The first-order valence-corrected chi connectivity index (χ1v) is 7.52. The van der Waals surface area contributed by atoms with Crippen LogP contribution in [0.25, 0.3) is 0 Å². The Bertz CT molecular complexity index is 611. The number of hydrogen-bond donors (Lipinski definition) is 1. The van der Waals surface area contributed by atoms with Crippen LogP contribution in [0.3, 0.4) is 0 Å². The summed E-state index contributed by atoms with van der Waals surface area (Å²) in [7, 11) is 5.97. The molecular formula is C16H24F3IN4O2. The van der Waals surface area contributed by atoms with Gasteiger partial charge in [0.25, 0.3) is 0 Å². The molecule has 1 aromatic rings. The van der Waals surface area contributed by atoms with Crippen LogP contribution < -0.4 is 10.1 Å². The lowest BCUT2D eigenvalue weighted by molar-refractivity contribution is -0.157. The fourth-order valence-corrected chi connectivity index (χ4v) is 2.20. The van der Waals surface area contributed by atoms with Gasteiger partial charge in [0, 0.05) is 33.3 Å². The van der Waals surface area contributed by atoms with Gasteiger partial charge in [0.2, 0.25) is 5.91 Å². The standard InChI is InChI=1S/C16H23F3N4O2.HI/c1-20-15(21-9-14(24)23(3)11-16(17,18)19)22(2)10-12-7-5-6-8-13(12)25-4;/h5-8H,9-11H2,1-4H3,(H,20,21);1H. The molecule has 0 saturated heterocycles. The summed E-state index contributed by atoms with van der Waals surface area (Å²) < 4.78 is 42.2. The van der Waals surface area contributed by atoms with Crippen LogP contribution in [0.5, 0.6) is 5.75 Å². The van der Waals surface area contributed by atoms with Crippen molar-refractivity contribution >= 4 is 35.8 Å². The van der Waals surface area contributed by atoms with Crippen LogP contribution in [-0.4, -0.2) is 69.2 Å². The second-order valence-corrected chi connectivity index (χ2v) is 5.43. The maximum atomic E-state index is 12.3. The molecule has 0 spiro atoms. The summed E-state index contributed by atoms with van der Waals surface area (Å²) in [5.74, 6) is 0.426. The van der Waals surface area contributed by atoms with Crippen molar-refractivity contribution in [2.75, 3.05) is 41.3 Å². The summed E-state index contributed by atoms with van der Waals surface area (Å²) in [6.07, 6.45) is -4.42. The number of nitrogens with one attached hydrogen (secondary N) is 1. The van der Waals surface area contributed by atoms with E-state index in [1.807, 2.05) is 24.3 Å². The number of likely N-dealkylation sites (N-methyl/N-ethyl adjacent to an activating group) is 1. The number of carbonyl (C=O) groups excluding carboxylic acids is 1. The molecule has 1 aromatic carbocycles. The maximum absolute atomic E-state index is 12.3. The first-order valence-electron chi connectivity index (χ1n) is 7.52. The maximum Gasteiger partial charge on any atom is 0.406 e. The predicted octanol–water partition coefficient (Wildman–Crippen LogP) is 2.34. The number of amides is 1. The number of carbonyl (C=O) groups is 1. The van der Waals surface area contributed by atoms with Gasteiger partial charge < -0.3 is 19.9 Å². The third kappa shape index (κ3) is 8.11. The SMILES string of the molecule is CN=C(NCC(=O)N(C)CC(F)(F)F)N(C)Cc1ccccc1OC.I. The monoisotopic (exact) mass is 488 g/mol. The van der Waals surface area contributed by atoms with E-state index in [1.54, 1.807) is 19.1 Å². The zero-order valence-corrected chi connectivity index (χ0v) is 17.5. The van der Waals surface area contributed by atoms with Gasteiger partial charge in [0.15, 0.2) is 5.96 Å². The Morgan fingerprint density at radius 1 is 1.23 bits per heavy atom. The molecule has 0 aliphatic carbocycles. The van der Waals surface area contributed by atoms with E-state index >= 15 is 0 Å². The highest BCUT2D eigenvalue weighted by atomic mass is 127. The molecule has 0 unspecified atom stereocenters. The fourth-order valence-electron chi connectivity index (χ4n) is 2.20. The summed E-state index contributed by atoms with van der Waals surface area (Å²) in [5, 5.41) is 2.77. The number of aliphatic imine (C=N–C) groups is 1. The van der Waals surface area contributed by atoms with Crippen LogP contribution in [0, 0.1) is 0 Å². The van der Waals surface area contributed by atoms with Crippen molar-refractivity contribution in [1.82, 2.24) is 15.1 Å². The molecule has 26 heavy (non-hydrogen) atoms. The zero-order valence-electron chi connectivity index (χ0n) is 15.1. The minimum Gasteiger partial charge on any atom is -0.496 e. The van der Waals surface area contributed by atoms with Crippen molar-refractivity contribution < 1.29 is 22.7 Å². The van der Waals surface area contributed by atoms with E-state index in [0.717, 1.165) is 12.6 Å². The Labute approximate surface area is 168 Å². The summed E-state index contributed by atoms with van der Waals surface area (Å²) in [6.45, 7) is -1.12. The average molecular weight is 488 g/mol. The fraction of sp³-hybridized carbons (Fsp3) is 0.500. The van der Waals surface area contributed by atoms with Gasteiger partial charge in [-0.15, -0.1) is 24.0 Å². The molecule has 1 amide bonds. The van der Waals surface area contributed by atoms with Crippen molar-refractivity contribution in [3.63, 3.8) is 0 Å². The van der Waals surface area contributed by atoms with Crippen molar-refractivity contribution in [2.24, 2.45) is 4.99 Å². The number of nitrogens with zero attached hydrogens (tertiary/aromatic N) is 3. The van der Waals surface area contributed by atoms with E-state index in [9.17, 15) is 18.0 Å². The lowest BCUT2D eigenvalue weighted by Crippen LogP contribution is -2.45. The normalized spacial score (nSPS) is 11.4. The lowest BCUT2D eigenvalue weighted by atomic mass is 10.2. The molecule has 6 nitrogen and oxygen atoms in total. The summed E-state index contributed by atoms with van der Waals surface area (Å²) >= 11 is 0. The van der Waals surface area contributed by atoms with Gasteiger partial charge in [0.05, 0.1) is 13.7 Å². The van der Waals surface area contributed by atoms with Crippen LogP contribution in [0.15, 0.2) is 29.3 Å². The highest BCUT2D eigenvalue weighted by molar-refractivity contribution is 14.0. The third-order valence-electron chi connectivity index (χ3n) is 3.41. The van der Waals surface area contributed by atoms with Crippen LogP contribution in [-0.2, 0) is 11.3 Å². The minimum atomic E-state index is -4.42. The van der Waals surface area contributed by atoms with Crippen LogP contribution >= 0.6 is 24.0 Å². The third-order valence-corrected chi connectivity index (χ3v) is 3.41. The number of para-hydroxylation sites is 1. The first-order chi connectivity index (χ1) is 11.7. The van der Waals surface area contributed by atoms with Crippen LogP contribution in [0.4, 0.5) is 13.2 Å². The second kappa shape index (κ2) is 11.1.